The molecule has 47 nitrogen and oxygen atoms in total. The van der Waals surface area contributed by atoms with Gasteiger partial charge < -0.3 is 164 Å². The van der Waals surface area contributed by atoms with Crippen molar-refractivity contribution < 1.29 is 103 Å². The molecule has 0 unspecified atom stereocenters. The van der Waals surface area contributed by atoms with Gasteiger partial charge in [0.15, 0.2) is 36.6 Å². The van der Waals surface area contributed by atoms with Crippen LogP contribution in [0.3, 0.4) is 0 Å². The number of anilines is 1. The van der Waals surface area contributed by atoms with Crippen molar-refractivity contribution in [3.8, 4) is 10.7 Å². The number of nitrogens with zero attached hydrogens (tertiary/aromatic N) is 8. The summed E-state index contributed by atoms with van der Waals surface area (Å²) in [6.07, 6.45) is -20.8. The van der Waals surface area contributed by atoms with Crippen molar-refractivity contribution in [2.24, 2.45) is 66.8 Å². The molecular formula is C65H106N26O21S2. The molecule has 0 aliphatic carbocycles. The second-order valence-electron chi connectivity index (χ2n) is 26.6. The summed E-state index contributed by atoms with van der Waals surface area (Å²) in [6, 6.07) is -7.93. The maximum absolute atomic E-state index is 15.3. The summed E-state index contributed by atoms with van der Waals surface area (Å²) >= 11 is 2.46. The first-order valence-corrected chi connectivity index (χ1v) is 38.0. The third-order valence-electron chi connectivity index (χ3n) is 17.8. The third kappa shape index (κ3) is 28.0. The summed E-state index contributed by atoms with van der Waals surface area (Å²) in [5, 5.41) is 115. The zero-order valence-electron chi connectivity index (χ0n) is 63.0. The van der Waals surface area contributed by atoms with E-state index in [2.05, 4.69) is 87.4 Å². The monoisotopic (exact) mass is 1650 g/mol. The number of ether oxygens (including phenoxy) is 5. The number of hydrogen-bond donors (Lipinski definition) is 26. The van der Waals surface area contributed by atoms with E-state index in [9.17, 15) is 74.4 Å². The number of aromatic nitrogens is 6. The van der Waals surface area contributed by atoms with Crippen LogP contribution < -0.4 is 94.1 Å². The van der Waals surface area contributed by atoms with E-state index in [1.54, 1.807) is 10.8 Å². The highest BCUT2D eigenvalue weighted by Gasteiger charge is 2.54. The van der Waals surface area contributed by atoms with Crippen LogP contribution in [0.25, 0.3) is 10.7 Å². The van der Waals surface area contributed by atoms with E-state index in [-0.39, 0.29) is 60.0 Å². The molecule has 0 radical (unpaired) electrons. The van der Waals surface area contributed by atoms with Crippen LogP contribution in [0.2, 0.25) is 0 Å². The Labute approximate surface area is 661 Å². The summed E-state index contributed by atoms with van der Waals surface area (Å²) in [5.74, 6) is -8.13. The Balaban J connectivity index is 1.10. The molecular weight excluding hydrogens is 1550 g/mol. The van der Waals surface area contributed by atoms with Crippen LogP contribution >= 0.6 is 22.7 Å². The van der Waals surface area contributed by atoms with E-state index in [4.69, 9.17) is 75.3 Å². The molecule has 49 heteroatoms. The molecule has 0 saturated carbocycles. The van der Waals surface area contributed by atoms with E-state index in [0.29, 0.717) is 79.7 Å². The predicted octanol–water partition coefficient (Wildman–Crippen LogP) is -9.55. The molecule has 4 aromatic rings. The summed E-state index contributed by atoms with van der Waals surface area (Å²) in [7, 11) is 0. The summed E-state index contributed by atoms with van der Waals surface area (Å²) in [6.45, 7) is 5.74. The molecule has 19 atom stereocenters. The molecule has 6 rings (SSSR count). The number of H-pyrrole nitrogens is 1. The Bertz CT molecular complexity index is 3880. The lowest BCUT2D eigenvalue weighted by atomic mass is 9.96. The first kappa shape index (κ1) is 93.0. The highest BCUT2D eigenvalue weighted by molar-refractivity contribution is 7.14. The number of amides is 8. The fourth-order valence-corrected chi connectivity index (χ4v) is 12.9. The first-order valence-electron chi connectivity index (χ1n) is 36.2. The number of imidazole rings is 1. The van der Waals surface area contributed by atoms with Crippen LogP contribution in [-0.2, 0) is 54.1 Å². The van der Waals surface area contributed by atoms with Crippen molar-refractivity contribution in [2.45, 2.75) is 189 Å². The first-order chi connectivity index (χ1) is 54.1. The molecule has 6 heterocycles. The Morgan fingerprint density at radius 1 is 0.667 bits per heavy atom. The van der Waals surface area contributed by atoms with E-state index in [1.165, 1.54) is 50.4 Å². The number of aliphatic hydroxyl groups is 8. The topological polar surface area (TPSA) is 792 Å². The molecule has 35 N–H and O–H groups in total. The zero-order valence-corrected chi connectivity index (χ0v) is 64.6. The second kappa shape index (κ2) is 45.9. The van der Waals surface area contributed by atoms with E-state index in [1.807, 2.05) is 0 Å². The van der Waals surface area contributed by atoms with E-state index < -0.39 is 183 Å². The number of primary amides is 3. The van der Waals surface area contributed by atoms with Crippen LogP contribution in [0.1, 0.15) is 121 Å². The van der Waals surface area contributed by atoms with Crippen LogP contribution in [0.4, 0.5) is 10.6 Å². The number of carbonyl (C=O) groups excluding carboxylic acids is 8. The normalized spacial score (nSPS) is 22.2. The minimum absolute atomic E-state index is 0.0374. The molecule has 634 valence electrons. The lowest BCUT2D eigenvalue weighted by Gasteiger charge is -2.47. The lowest BCUT2D eigenvalue weighted by Crippen LogP contribution is -2.65. The number of aliphatic hydroxyl groups excluding tert-OH is 8. The van der Waals surface area contributed by atoms with Crippen molar-refractivity contribution in [3.63, 3.8) is 0 Å². The van der Waals surface area contributed by atoms with Gasteiger partial charge in [0.05, 0.1) is 72.7 Å². The minimum atomic E-state index is -2.21. The lowest BCUT2D eigenvalue weighted by molar-refractivity contribution is -0.372. The number of aliphatic imine (C=N–C) groups is 3. The standard InChI is InChI=1S/C65H106N26O21S2/c1-27-40(88-53(91-51(27)68)32(19-38(67)95)83-20-31(66)52(69)101)57(105)90-42(48(33-21-75-26-84-33)110-61-50(46(99)44(97)36(22-92)109-61)111-60-47(100)49(112-65(74)107)45(98)37(23-93)108-60)58(106)85-29(3)43(96)28(2)54(102)89-41(30(4)94)56(104)77-18-11-39-86-35(25-113-39)59-87-34(24-114-59)55(103)76-12-5-7-14-79-63(72)81-16-9-10-17-82-64(73)80-15-8-6-13-78-62(70)71/h21,24-26,28-32,36-37,41-50,60-61,83,92-94,96-100H,5-20,22-23,66H2,1-4H3,(H2,67,95)(H2,69,101)(H2,74,107)(H,75,84)(H,76,103)(H,77,104)(H,85,106)(H,89,102)(H,90,105)(H2,68,88,91)(H4,70,71,78)(H3,72,79,81)(H3,73,80,82)/t28-,29+,30+,31-,32-,36+,37+,41-,42-,43-,44+,45+,46+,47+,48-,49-,50+,60-,61-/m0/s1. The van der Waals surface area contributed by atoms with Gasteiger partial charge in [-0.2, -0.15) is 0 Å². The quantitative estimate of drug-likeness (QED) is 0.0111. The molecule has 8 amide bonds. The molecule has 0 bridgehead atoms. The van der Waals surface area contributed by atoms with Crippen molar-refractivity contribution in [1.29, 1.82) is 0 Å². The Kier molecular flexibility index (Phi) is 37.5. The Morgan fingerprint density at radius 3 is 1.89 bits per heavy atom. The van der Waals surface area contributed by atoms with Gasteiger partial charge in [-0.05, 0) is 59.3 Å². The maximum atomic E-state index is 15.3. The molecule has 2 aliphatic rings. The SMILES string of the molecule is Cc1c(N)nc([C@H](CC(N)=O)NC[C@H](N)C(N)=O)nc1C(=O)N[C@H](C(=O)N[C@H](C)[C@@H](O)[C@H](C)C(=O)N[C@H](C(=O)NCCc1nc(-c2nc(C(=O)NCCCCNC(N)=NCCCCNC(N)=NCCCCN=C(N)N)cs2)cs1)[C@@H](C)O)[C@@H](O[C@@H]1O[C@H](CO)[C@@H](O)[C@@H](O)[C@H]1O[C@@H]1O[C@H](CO)[C@@H](O)[C@H](OC(N)=O)[C@H]1O)c1cnc[nH]1. The summed E-state index contributed by atoms with van der Waals surface area (Å²) < 4.78 is 28.8. The summed E-state index contributed by atoms with van der Waals surface area (Å²) in [4.78, 5) is 144. The smallest absolute Gasteiger partial charge is 0.404 e. The van der Waals surface area contributed by atoms with Crippen LogP contribution in [-0.4, -0.2) is 299 Å². The number of nitrogens with one attached hydrogen (secondary N) is 9. The number of aromatic amines is 1. The molecule has 0 aromatic carbocycles. The Morgan fingerprint density at radius 2 is 1.29 bits per heavy atom. The van der Waals surface area contributed by atoms with Crippen LogP contribution in [0.15, 0.2) is 38.3 Å². The van der Waals surface area contributed by atoms with Gasteiger partial charge in [-0.3, -0.25) is 48.5 Å². The van der Waals surface area contributed by atoms with Crippen molar-refractivity contribution in [3.05, 3.63) is 56.8 Å². The highest BCUT2D eigenvalue weighted by Crippen LogP contribution is 2.35. The van der Waals surface area contributed by atoms with Gasteiger partial charge >= 0.3 is 6.09 Å². The molecule has 114 heavy (non-hydrogen) atoms. The van der Waals surface area contributed by atoms with Crippen LogP contribution in [0.5, 0.6) is 0 Å². The van der Waals surface area contributed by atoms with E-state index in [0.717, 1.165) is 38.2 Å². The second-order valence-corrected chi connectivity index (χ2v) is 28.4. The average Bonchev–Trinajstić information content (AvgIpc) is 0.856. The summed E-state index contributed by atoms with van der Waals surface area (Å²) in [5.41, 5.74) is 50.6. The van der Waals surface area contributed by atoms with Gasteiger partial charge in [-0.25, -0.2) is 29.7 Å². The van der Waals surface area contributed by atoms with Crippen LogP contribution in [0, 0.1) is 12.8 Å². The number of carbonyl (C=O) groups is 8. The number of nitrogen functional groups attached to an aromatic ring is 1. The minimum Gasteiger partial charge on any atom is -0.441 e. The number of rotatable bonds is 46. The van der Waals surface area contributed by atoms with Gasteiger partial charge in [-0.15, -0.1) is 22.7 Å². The van der Waals surface area contributed by atoms with Crippen molar-refractivity contribution >= 4 is 93.8 Å². The number of unbranched alkanes of at least 4 members (excludes halogenated alkanes) is 3. The number of hydrogen-bond acceptors (Lipinski definition) is 34. The largest absolute Gasteiger partial charge is 0.441 e. The Hall–Kier alpha value is -9.84. The average molecular weight is 1650 g/mol. The zero-order chi connectivity index (χ0) is 84.0. The number of nitrogens with two attached hydrogens (primary N) is 9. The maximum Gasteiger partial charge on any atom is 0.404 e. The molecule has 0 spiro atoms. The predicted molar refractivity (Wildman–Crippen MR) is 407 cm³/mol. The molecule has 2 aliphatic heterocycles. The highest BCUT2D eigenvalue weighted by atomic mass is 32.1. The van der Waals surface area contributed by atoms with Gasteiger partial charge in [-0.1, -0.05) is 6.92 Å². The molecule has 2 saturated heterocycles. The van der Waals surface area contributed by atoms with Crippen molar-refractivity contribution in [1.82, 2.24) is 72.4 Å². The van der Waals surface area contributed by atoms with E-state index >= 15 is 4.79 Å². The van der Waals surface area contributed by atoms with Gasteiger partial charge in [0.1, 0.15) is 94.6 Å². The fraction of sp³-hybridized carbons (Fsp3) is 0.631. The van der Waals surface area contributed by atoms with Crippen molar-refractivity contribution in [2.75, 3.05) is 71.3 Å². The fourth-order valence-electron chi connectivity index (χ4n) is 11.3. The third-order valence-corrected chi connectivity index (χ3v) is 19.6. The molecule has 2 fully saturated rings. The van der Waals surface area contributed by atoms with Gasteiger partial charge in [0.2, 0.25) is 29.5 Å². The molecule has 4 aromatic heterocycles. The number of guanidine groups is 3. The number of thiazole rings is 2. The van der Waals surface area contributed by atoms with Gasteiger partial charge in [0.25, 0.3) is 11.8 Å². The van der Waals surface area contributed by atoms with Gasteiger partial charge in [0, 0.05) is 81.5 Å².